The van der Waals surface area contributed by atoms with Gasteiger partial charge < -0.3 is 5.32 Å². The van der Waals surface area contributed by atoms with Gasteiger partial charge in [0.05, 0.1) is 6.04 Å². The summed E-state index contributed by atoms with van der Waals surface area (Å²) in [7, 11) is 0. The van der Waals surface area contributed by atoms with Crippen LogP contribution in [0.2, 0.25) is 5.02 Å². The summed E-state index contributed by atoms with van der Waals surface area (Å²) >= 11 is 8.01. The van der Waals surface area contributed by atoms with Crippen LogP contribution in [0.15, 0.2) is 36.4 Å². The molecule has 0 spiro atoms. The third kappa shape index (κ3) is 3.82. The molecule has 1 nitrogen and oxygen atoms in total. The highest BCUT2D eigenvalue weighted by Crippen LogP contribution is 2.30. The zero-order valence-corrected chi connectivity index (χ0v) is 13.0. The third-order valence-electron chi connectivity index (χ3n) is 3.10. The SMILES string of the molecule is CCCNC(c1cccc(Cl)c1)c1ccc(CC)s1. The molecule has 0 aliphatic carbocycles. The Kier molecular flexibility index (Phi) is 5.44. The van der Waals surface area contributed by atoms with E-state index in [1.807, 2.05) is 23.5 Å². The first-order valence-electron chi connectivity index (χ1n) is 6.82. The largest absolute Gasteiger partial charge is 0.306 e. The predicted molar refractivity (Wildman–Crippen MR) is 85.3 cm³/mol. The van der Waals surface area contributed by atoms with Crippen LogP contribution in [0.25, 0.3) is 0 Å². The number of thiophene rings is 1. The van der Waals surface area contributed by atoms with Crippen LogP contribution < -0.4 is 5.32 Å². The molecule has 1 heterocycles. The van der Waals surface area contributed by atoms with Gasteiger partial charge in [0, 0.05) is 14.8 Å². The molecular weight excluding hydrogens is 274 g/mol. The van der Waals surface area contributed by atoms with Gasteiger partial charge in [-0.2, -0.15) is 0 Å². The summed E-state index contributed by atoms with van der Waals surface area (Å²) in [5.74, 6) is 0. The Labute approximate surface area is 124 Å². The van der Waals surface area contributed by atoms with E-state index in [9.17, 15) is 0 Å². The fourth-order valence-corrected chi connectivity index (χ4v) is 3.35. The minimum Gasteiger partial charge on any atom is -0.306 e. The molecule has 0 aliphatic rings. The van der Waals surface area contributed by atoms with Crippen molar-refractivity contribution in [2.45, 2.75) is 32.7 Å². The topological polar surface area (TPSA) is 12.0 Å². The minimum absolute atomic E-state index is 0.254. The number of benzene rings is 1. The van der Waals surface area contributed by atoms with Crippen LogP contribution in [0.3, 0.4) is 0 Å². The number of hydrogen-bond donors (Lipinski definition) is 1. The van der Waals surface area contributed by atoms with Crippen LogP contribution in [0, 0.1) is 0 Å². The van der Waals surface area contributed by atoms with Crippen molar-refractivity contribution in [1.82, 2.24) is 5.32 Å². The number of rotatable bonds is 6. The quantitative estimate of drug-likeness (QED) is 0.785. The van der Waals surface area contributed by atoms with Gasteiger partial charge >= 0.3 is 0 Å². The first-order chi connectivity index (χ1) is 9.24. The number of hydrogen-bond acceptors (Lipinski definition) is 2. The average Bonchev–Trinajstić information content (AvgIpc) is 2.88. The van der Waals surface area contributed by atoms with E-state index in [1.165, 1.54) is 15.3 Å². The molecule has 1 aromatic heterocycles. The van der Waals surface area contributed by atoms with Crippen LogP contribution >= 0.6 is 22.9 Å². The van der Waals surface area contributed by atoms with Gasteiger partial charge in [0.25, 0.3) is 0 Å². The maximum absolute atomic E-state index is 6.12. The van der Waals surface area contributed by atoms with E-state index in [0.29, 0.717) is 0 Å². The second kappa shape index (κ2) is 7.09. The van der Waals surface area contributed by atoms with E-state index in [-0.39, 0.29) is 6.04 Å². The van der Waals surface area contributed by atoms with Crippen LogP contribution in [-0.4, -0.2) is 6.54 Å². The minimum atomic E-state index is 0.254. The summed E-state index contributed by atoms with van der Waals surface area (Å²) in [5.41, 5.74) is 1.24. The van der Waals surface area contributed by atoms with Gasteiger partial charge in [0.1, 0.15) is 0 Å². The molecule has 1 atom stereocenters. The molecule has 3 heteroatoms. The van der Waals surface area contributed by atoms with Crippen molar-refractivity contribution in [3.63, 3.8) is 0 Å². The van der Waals surface area contributed by atoms with Gasteiger partial charge in [-0.25, -0.2) is 0 Å². The van der Waals surface area contributed by atoms with Crippen molar-refractivity contribution < 1.29 is 0 Å². The lowest BCUT2D eigenvalue weighted by Gasteiger charge is -2.18. The van der Waals surface area contributed by atoms with E-state index >= 15 is 0 Å². The van der Waals surface area contributed by atoms with E-state index in [0.717, 1.165) is 24.4 Å². The van der Waals surface area contributed by atoms with Crippen molar-refractivity contribution in [2.24, 2.45) is 0 Å². The highest BCUT2D eigenvalue weighted by atomic mass is 35.5. The fraction of sp³-hybridized carbons (Fsp3) is 0.375. The smallest absolute Gasteiger partial charge is 0.0671 e. The molecule has 0 aliphatic heterocycles. The molecule has 0 radical (unpaired) electrons. The normalized spacial score (nSPS) is 12.6. The second-order valence-corrected chi connectivity index (χ2v) is 6.24. The molecule has 1 unspecified atom stereocenters. The second-order valence-electron chi connectivity index (χ2n) is 4.60. The van der Waals surface area contributed by atoms with Crippen LogP contribution in [0.4, 0.5) is 0 Å². The van der Waals surface area contributed by atoms with Gasteiger partial charge in [-0.05, 0) is 49.2 Å². The van der Waals surface area contributed by atoms with E-state index in [4.69, 9.17) is 11.6 Å². The molecule has 0 saturated carbocycles. The summed E-state index contributed by atoms with van der Waals surface area (Å²) in [6, 6.07) is 12.9. The third-order valence-corrected chi connectivity index (χ3v) is 4.63. The fourth-order valence-electron chi connectivity index (χ4n) is 2.10. The molecule has 1 aromatic carbocycles. The molecule has 0 bridgehead atoms. The highest BCUT2D eigenvalue weighted by molar-refractivity contribution is 7.12. The maximum Gasteiger partial charge on any atom is 0.0671 e. The molecule has 0 fully saturated rings. The van der Waals surface area contributed by atoms with E-state index < -0.39 is 0 Å². The number of nitrogens with one attached hydrogen (secondary N) is 1. The summed E-state index contributed by atoms with van der Waals surface area (Å²) in [5, 5.41) is 4.42. The van der Waals surface area contributed by atoms with Gasteiger partial charge in [0.2, 0.25) is 0 Å². The molecule has 2 aromatic rings. The van der Waals surface area contributed by atoms with Crippen molar-refractivity contribution in [2.75, 3.05) is 6.54 Å². The first kappa shape index (κ1) is 14.6. The van der Waals surface area contributed by atoms with Crippen molar-refractivity contribution in [1.29, 1.82) is 0 Å². The zero-order chi connectivity index (χ0) is 13.7. The van der Waals surface area contributed by atoms with E-state index in [2.05, 4.69) is 43.4 Å². The van der Waals surface area contributed by atoms with Crippen LogP contribution in [0.5, 0.6) is 0 Å². The standard InChI is InChI=1S/C16H20ClNS/c1-3-10-18-16(12-6-5-7-13(17)11-12)15-9-8-14(4-2)19-15/h5-9,11,16,18H,3-4,10H2,1-2H3. The van der Waals surface area contributed by atoms with Crippen LogP contribution in [-0.2, 0) is 6.42 Å². The Morgan fingerprint density at radius 2 is 2.05 bits per heavy atom. The Bertz CT molecular complexity index is 521. The molecule has 19 heavy (non-hydrogen) atoms. The Morgan fingerprint density at radius 3 is 2.68 bits per heavy atom. The lowest BCUT2D eigenvalue weighted by molar-refractivity contribution is 0.606. The van der Waals surface area contributed by atoms with Gasteiger partial charge in [-0.15, -0.1) is 11.3 Å². The van der Waals surface area contributed by atoms with Gasteiger partial charge in [0.15, 0.2) is 0 Å². The summed E-state index contributed by atoms with van der Waals surface area (Å²) in [6.45, 7) is 5.40. The zero-order valence-electron chi connectivity index (χ0n) is 11.4. The monoisotopic (exact) mass is 293 g/mol. The summed E-state index contributed by atoms with van der Waals surface area (Å²) < 4.78 is 0. The maximum atomic E-state index is 6.12. The van der Waals surface area contributed by atoms with Gasteiger partial charge in [-0.3, -0.25) is 0 Å². The molecule has 1 N–H and O–H groups in total. The number of aryl methyl sites for hydroxylation is 1. The molecular formula is C16H20ClNS. The summed E-state index contributed by atoms with van der Waals surface area (Å²) in [4.78, 5) is 2.80. The first-order valence-corrected chi connectivity index (χ1v) is 8.01. The Balaban J connectivity index is 2.29. The summed E-state index contributed by atoms with van der Waals surface area (Å²) in [6.07, 6.45) is 2.23. The van der Waals surface area contributed by atoms with Gasteiger partial charge in [-0.1, -0.05) is 37.6 Å². The van der Waals surface area contributed by atoms with Crippen molar-refractivity contribution in [3.8, 4) is 0 Å². The average molecular weight is 294 g/mol. The Hall–Kier alpha value is -0.830. The molecule has 0 amide bonds. The molecule has 0 saturated heterocycles. The lowest BCUT2D eigenvalue weighted by atomic mass is 10.1. The highest BCUT2D eigenvalue weighted by Gasteiger charge is 2.15. The van der Waals surface area contributed by atoms with E-state index in [1.54, 1.807) is 0 Å². The Morgan fingerprint density at radius 1 is 1.21 bits per heavy atom. The van der Waals surface area contributed by atoms with Crippen molar-refractivity contribution in [3.05, 3.63) is 56.7 Å². The lowest BCUT2D eigenvalue weighted by Crippen LogP contribution is -2.22. The molecule has 102 valence electrons. The van der Waals surface area contributed by atoms with Crippen LogP contribution in [0.1, 0.15) is 41.6 Å². The van der Waals surface area contributed by atoms with Crippen molar-refractivity contribution >= 4 is 22.9 Å². The number of halogens is 1. The predicted octanol–water partition coefficient (Wildman–Crippen LogP) is 5.05. The molecule has 2 rings (SSSR count).